The number of nitrogens with zero attached hydrogens (tertiary/aromatic N) is 5. The van der Waals surface area contributed by atoms with Gasteiger partial charge in [-0.25, -0.2) is 18.7 Å². The van der Waals surface area contributed by atoms with Crippen molar-refractivity contribution in [2.75, 3.05) is 30.9 Å². The van der Waals surface area contributed by atoms with E-state index in [1.54, 1.807) is 42.0 Å². The van der Waals surface area contributed by atoms with Gasteiger partial charge in [-0.2, -0.15) is 0 Å². The zero-order valence-corrected chi connectivity index (χ0v) is 21.6. The van der Waals surface area contributed by atoms with E-state index in [1.807, 2.05) is 61.3 Å². The lowest BCUT2D eigenvalue weighted by molar-refractivity contribution is 0.602. The highest BCUT2D eigenvalue weighted by Gasteiger charge is 2.22. The molecule has 0 bridgehead atoms. The van der Waals surface area contributed by atoms with Crippen LogP contribution in [0.1, 0.15) is 23.0 Å². The summed E-state index contributed by atoms with van der Waals surface area (Å²) in [5, 5.41) is 0.441. The average Bonchev–Trinajstić information content (AvgIpc) is 2.92. The van der Waals surface area contributed by atoms with Crippen LogP contribution >= 0.6 is 0 Å². The van der Waals surface area contributed by atoms with Crippen molar-refractivity contribution in [1.29, 1.82) is 0 Å². The van der Waals surface area contributed by atoms with E-state index in [-0.39, 0.29) is 17.2 Å². The van der Waals surface area contributed by atoms with Gasteiger partial charge in [-0.1, -0.05) is 24.3 Å². The molecule has 38 heavy (non-hydrogen) atoms. The van der Waals surface area contributed by atoms with Gasteiger partial charge in [0.1, 0.15) is 23.3 Å². The Hall–Kier alpha value is -4.59. The molecular formula is C30H27F2N5O. The minimum Gasteiger partial charge on any atom is -0.363 e. The Balaban J connectivity index is 1.67. The van der Waals surface area contributed by atoms with Crippen molar-refractivity contribution in [2.24, 2.45) is 0 Å². The van der Waals surface area contributed by atoms with Gasteiger partial charge >= 0.3 is 0 Å². The molecule has 0 aliphatic heterocycles. The number of hydrogen-bond acceptors (Lipinski definition) is 5. The maximum Gasteiger partial charge on any atom is 0.262 e. The summed E-state index contributed by atoms with van der Waals surface area (Å²) < 4.78 is 29.1. The van der Waals surface area contributed by atoms with E-state index in [9.17, 15) is 13.6 Å². The Labute approximate surface area is 219 Å². The van der Waals surface area contributed by atoms with E-state index in [1.165, 1.54) is 24.3 Å². The molecule has 0 saturated heterocycles. The maximum atomic E-state index is 14.1. The van der Waals surface area contributed by atoms with Gasteiger partial charge in [0.15, 0.2) is 0 Å². The van der Waals surface area contributed by atoms with Crippen molar-refractivity contribution >= 4 is 28.1 Å². The van der Waals surface area contributed by atoms with Gasteiger partial charge in [-0.05, 0) is 66.6 Å². The van der Waals surface area contributed by atoms with Crippen molar-refractivity contribution in [2.45, 2.75) is 13.0 Å². The van der Waals surface area contributed by atoms with Gasteiger partial charge in [-0.15, -0.1) is 0 Å². The second kappa shape index (κ2) is 10.0. The molecule has 192 valence electrons. The van der Waals surface area contributed by atoms with Gasteiger partial charge in [0, 0.05) is 44.8 Å². The highest BCUT2D eigenvalue weighted by Crippen LogP contribution is 2.30. The fourth-order valence-electron chi connectivity index (χ4n) is 4.60. The zero-order chi connectivity index (χ0) is 27.0. The molecule has 0 N–H and O–H groups in total. The number of fused-ring (bicyclic) bond motifs is 1. The Morgan fingerprint density at radius 1 is 0.789 bits per heavy atom. The minimum absolute atomic E-state index is 0.245. The summed E-state index contributed by atoms with van der Waals surface area (Å²) in [6, 6.07) is 20.8. The van der Waals surface area contributed by atoms with Crippen LogP contribution in [0.25, 0.3) is 10.9 Å². The molecule has 0 radical (unpaired) electrons. The Morgan fingerprint density at radius 3 is 1.95 bits per heavy atom. The molecule has 0 atom stereocenters. The van der Waals surface area contributed by atoms with Gasteiger partial charge < -0.3 is 9.80 Å². The Morgan fingerprint density at radius 2 is 1.37 bits per heavy atom. The van der Waals surface area contributed by atoms with Crippen LogP contribution in [0.4, 0.5) is 26.0 Å². The molecule has 3 aromatic carbocycles. The van der Waals surface area contributed by atoms with Gasteiger partial charge in [0.05, 0.1) is 16.9 Å². The molecule has 8 heteroatoms. The SMILES string of the molecule is Cc1nc2ccc(N(C)c3ccnc(N(C)C)c3)cc2c(=O)n1C(c1ccc(F)cc1)c1ccc(F)cc1. The van der Waals surface area contributed by atoms with Gasteiger partial charge in [0.2, 0.25) is 0 Å². The number of hydrogen-bond donors (Lipinski definition) is 0. The first kappa shape index (κ1) is 25.1. The minimum atomic E-state index is -0.621. The predicted octanol–water partition coefficient (Wildman–Crippen LogP) is 5.85. The van der Waals surface area contributed by atoms with Crippen LogP contribution in [0, 0.1) is 18.6 Å². The first-order chi connectivity index (χ1) is 18.2. The second-order valence-corrected chi connectivity index (χ2v) is 9.37. The van der Waals surface area contributed by atoms with Crippen molar-refractivity contribution in [3.05, 3.63) is 124 Å². The number of aryl methyl sites for hydroxylation is 1. The molecule has 0 fully saturated rings. The van der Waals surface area contributed by atoms with Crippen molar-refractivity contribution in [3.63, 3.8) is 0 Å². The third kappa shape index (κ3) is 4.72. The van der Waals surface area contributed by atoms with Gasteiger partial charge in [0.25, 0.3) is 5.56 Å². The van der Waals surface area contributed by atoms with E-state index < -0.39 is 6.04 Å². The Bertz CT molecular complexity index is 1620. The summed E-state index contributed by atoms with van der Waals surface area (Å²) in [4.78, 5) is 27.1. The molecule has 5 rings (SSSR count). The fraction of sp³-hybridized carbons (Fsp3) is 0.167. The first-order valence-corrected chi connectivity index (χ1v) is 12.1. The molecule has 0 spiro atoms. The summed E-state index contributed by atoms with van der Waals surface area (Å²) in [6.07, 6.45) is 1.75. The summed E-state index contributed by atoms with van der Waals surface area (Å²) in [5.41, 5.74) is 3.42. The van der Waals surface area contributed by atoms with Crippen molar-refractivity contribution < 1.29 is 8.78 Å². The topological polar surface area (TPSA) is 54.3 Å². The van der Waals surface area contributed by atoms with Crippen LogP contribution < -0.4 is 15.4 Å². The molecule has 0 saturated carbocycles. The lowest BCUT2D eigenvalue weighted by Crippen LogP contribution is -2.29. The molecule has 2 aromatic heterocycles. The average molecular weight is 512 g/mol. The number of anilines is 3. The smallest absolute Gasteiger partial charge is 0.262 e. The van der Waals surface area contributed by atoms with Crippen LogP contribution in [0.3, 0.4) is 0 Å². The van der Waals surface area contributed by atoms with E-state index in [4.69, 9.17) is 4.98 Å². The van der Waals surface area contributed by atoms with Crippen LogP contribution in [-0.2, 0) is 0 Å². The van der Waals surface area contributed by atoms with Crippen LogP contribution in [-0.4, -0.2) is 35.7 Å². The predicted molar refractivity (Wildman–Crippen MR) is 147 cm³/mol. The third-order valence-electron chi connectivity index (χ3n) is 6.65. The standard InChI is InChI=1S/C30H27F2N5O/c1-19-34-27-14-13-24(36(4)25-15-16-33-28(18-25)35(2)3)17-26(27)30(38)37(19)29(20-5-9-22(31)10-6-20)21-7-11-23(32)12-8-21/h5-18,29H,1-4H3. The molecule has 2 heterocycles. The van der Waals surface area contributed by atoms with E-state index >= 15 is 0 Å². The molecule has 0 aliphatic rings. The zero-order valence-electron chi connectivity index (χ0n) is 21.6. The number of halogens is 2. The molecule has 0 aliphatic carbocycles. The Kier molecular flexibility index (Phi) is 6.63. The molecule has 0 amide bonds. The maximum absolute atomic E-state index is 14.1. The molecule has 0 unspecified atom stereocenters. The number of aromatic nitrogens is 3. The van der Waals surface area contributed by atoms with Crippen LogP contribution in [0.15, 0.2) is 89.9 Å². The summed E-state index contributed by atoms with van der Waals surface area (Å²) >= 11 is 0. The lowest BCUT2D eigenvalue weighted by Gasteiger charge is -2.24. The highest BCUT2D eigenvalue weighted by atomic mass is 19.1. The summed E-state index contributed by atoms with van der Waals surface area (Å²) in [6.45, 7) is 1.76. The van der Waals surface area contributed by atoms with Crippen molar-refractivity contribution in [3.8, 4) is 0 Å². The van der Waals surface area contributed by atoms with E-state index in [2.05, 4.69) is 4.98 Å². The number of benzene rings is 3. The van der Waals surface area contributed by atoms with Crippen LogP contribution in [0.2, 0.25) is 0 Å². The van der Waals surface area contributed by atoms with Crippen LogP contribution in [0.5, 0.6) is 0 Å². The van der Waals surface area contributed by atoms with Gasteiger partial charge in [-0.3, -0.25) is 9.36 Å². The number of pyridine rings is 1. The lowest BCUT2D eigenvalue weighted by atomic mass is 9.97. The third-order valence-corrected chi connectivity index (χ3v) is 6.65. The normalized spacial score (nSPS) is 11.2. The quantitative estimate of drug-likeness (QED) is 0.286. The summed E-state index contributed by atoms with van der Waals surface area (Å²) in [7, 11) is 5.78. The molecule has 6 nitrogen and oxygen atoms in total. The van der Waals surface area contributed by atoms with E-state index in [0.29, 0.717) is 27.9 Å². The molecule has 5 aromatic rings. The number of rotatable bonds is 6. The largest absolute Gasteiger partial charge is 0.363 e. The monoisotopic (exact) mass is 511 g/mol. The summed E-state index contributed by atoms with van der Waals surface area (Å²) in [5.74, 6) is 0.547. The highest BCUT2D eigenvalue weighted by molar-refractivity contribution is 5.83. The second-order valence-electron chi connectivity index (χ2n) is 9.37. The van der Waals surface area contributed by atoms with Crippen molar-refractivity contribution in [1.82, 2.24) is 14.5 Å². The fourth-order valence-corrected chi connectivity index (χ4v) is 4.60. The van der Waals surface area contributed by atoms with E-state index in [0.717, 1.165) is 17.2 Å². The first-order valence-electron chi connectivity index (χ1n) is 12.1. The molecular weight excluding hydrogens is 484 g/mol.